The molecule has 2 aromatic carbocycles. The minimum absolute atomic E-state index is 0.603. The van der Waals surface area contributed by atoms with Gasteiger partial charge in [0.05, 0.1) is 0 Å². The molecule has 1 N–H and O–H groups in total. The highest BCUT2D eigenvalue weighted by molar-refractivity contribution is 5.73. The molecular weight excluding hydrogens is 258 g/mol. The second kappa shape index (κ2) is 7.21. The number of aliphatic hydroxyl groups excluding tert-OH is 1. The van der Waals surface area contributed by atoms with E-state index in [-0.39, 0.29) is 0 Å². The van der Waals surface area contributed by atoms with E-state index in [2.05, 4.69) is 24.0 Å². The first kappa shape index (κ1) is 15.5. The first-order valence-electron chi connectivity index (χ1n) is 7.22. The topological polar surface area (TPSA) is 23.5 Å². The van der Waals surface area contributed by atoms with Crippen molar-refractivity contribution < 1.29 is 5.11 Å². The average molecular weight is 281 g/mol. The van der Waals surface area contributed by atoms with Crippen LogP contribution in [-0.4, -0.2) is 30.6 Å². The monoisotopic (exact) mass is 281 g/mol. The summed E-state index contributed by atoms with van der Waals surface area (Å²) < 4.78 is 0. The molecule has 0 fully saturated rings. The van der Waals surface area contributed by atoms with Crippen LogP contribution < -0.4 is 0 Å². The van der Waals surface area contributed by atoms with Crippen molar-refractivity contribution in [1.29, 1.82) is 0 Å². The molecule has 21 heavy (non-hydrogen) atoms. The maximum absolute atomic E-state index is 10.8. The molecule has 0 aliphatic carbocycles. The van der Waals surface area contributed by atoms with Crippen LogP contribution in [0.5, 0.6) is 0 Å². The van der Waals surface area contributed by atoms with E-state index in [1.165, 1.54) is 5.57 Å². The maximum Gasteiger partial charge on any atom is 0.105 e. The summed E-state index contributed by atoms with van der Waals surface area (Å²) in [6.45, 7) is 2.92. The van der Waals surface area contributed by atoms with Crippen LogP contribution in [0.4, 0.5) is 0 Å². The Kier molecular flexibility index (Phi) is 5.32. The highest BCUT2D eigenvalue weighted by atomic mass is 16.3. The second-order valence-corrected chi connectivity index (χ2v) is 5.61. The summed E-state index contributed by atoms with van der Waals surface area (Å²) in [6, 6.07) is 20.0. The molecule has 0 aliphatic heterocycles. The second-order valence-electron chi connectivity index (χ2n) is 5.61. The fourth-order valence-electron chi connectivity index (χ4n) is 2.62. The van der Waals surface area contributed by atoms with Crippen LogP contribution in [0.1, 0.15) is 24.2 Å². The summed E-state index contributed by atoms with van der Waals surface area (Å²) in [5.41, 5.74) is 4.18. The van der Waals surface area contributed by atoms with Gasteiger partial charge in [-0.3, -0.25) is 0 Å². The quantitative estimate of drug-likeness (QED) is 0.902. The Morgan fingerprint density at radius 3 is 2.00 bits per heavy atom. The number of likely N-dealkylation sites (N-methyl/N-ethyl adjacent to an activating group) is 1. The molecule has 0 saturated carbocycles. The van der Waals surface area contributed by atoms with Gasteiger partial charge in [-0.1, -0.05) is 66.2 Å². The predicted molar refractivity (Wildman–Crippen MR) is 89.0 cm³/mol. The van der Waals surface area contributed by atoms with Gasteiger partial charge in [-0.25, -0.2) is 0 Å². The van der Waals surface area contributed by atoms with E-state index in [0.29, 0.717) is 0 Å². The van der Waals surface area contributed by atoms with E-state index in [0.717, 1.165) is 23.2 Å². The first-order valence-corrected chi connectivity index (χ1v) is 7.22. The van der Waals surface area contributed by atoms with E-state index in [1.807, 2.05) is 62.6 Å². The predicted octanol–water partition coefficient (Wildman–Crippen LogP) is 3.76. The van der Waals surface area contributed by atoms with Crippen molar-refractivity contribution in [2.45, 2.75) is 13.0 Å². The van der Waals surface area contributed by atoms with Gasteiger partial charge in [0.15, 0.2) is 0 Å². The van der Waals surface area contributed by atoms with Gasteiger partial charge < -0.3 is 10.0 Å². The van der Waals surface area contributed by atoms with Gasteiger partial charge in [0.1, 0.15) is 6.10 Å². The lowest BCUT2D eigenvalue weighted by Gasteiger charge is -2.21. The Labute approximate surface area is 127 Å². The van der Waals surface area contributed by atoms with Crippen LogP contribution in [-0.2, 0) is 0 Å². The van der Waals surface area contributed by atoms with E-state index >= 15 is 0 Å². The van der Waals surface area contributed by atoms with E-state index in [4.69, 9.17) is 0 Å². The summed E-state index contributed by atoms with van der Waals surface area (Å²) in [5.74, 6) is 0. The average Bonchev–Trinajstić information content (AvgIpc) is 2.48. The highest BCUT2D eigenvalue weighted by Gasteiger charge is 2.18. The van der Waals surface area contributed by atoms with Crippen molar-refractivity contribution in [2.24, 2.45) is 0 Å². The van der Waals surface area contributed by atoms with Gasteiger partial charge in [0.2, 0.25) is 0 Å². The zero-order chi connectivity index (χ0) is 15.2. The molecule has 2 heteroatoms. The molecule has 0 saturated heterocycles. The van der Waals surface area contributed by atoms with Gasteiger partial charge in [-0.15, -0.1) is 0 Å². The number of hydrogen-bond acceptors (Lipinski definition) is 2. The standard InChI is InChI=1S/C19H23NO/c1-15(14-20(2)3)18(16-10-6-4-7-11-16)19(21)17-12-8-5-9-13-17/h4-13,19,21H,14H2,1-3H3. The molecule has 0 amide bonds. The number of nitrogens with zero attached hydrogens (tertiary/aromatic N) is 1. The Hall–Kier alpha value is -1.90. The fourth-order valence-corrected chi connectivity index (χ4v) is 2.62. The Morgan fingerprint density at radius 2 is 1.48 bits per heavy atom. The largest absolute Gasteiger partial charge is 0.384 e. The molecule has 2 nitrogen and oxygen atoms in total. The molecule has 0 radical (unpaired) electrons. The number of aliphatic hydroxyl groups is 1. The smallest absolute Gasteiger partial charge is 0.105 e. The van der Waals surface area contributed by atoms with Crippen molar-refractivity contribution in [3.8, 4) is 0 Å². The fraction of sp³-hybridized carbons (Fsp3) is 0.263. The number of rotatable bonds is 5. The van der Waals surface area contributed by atoms with E-state index in [9.17, 15) is 5.11 Å². The van der Waals surface area contributed by atoms with Crippen molar-refractivity contribution >= 4 is 5.57 Å². The highest BCUT2D eigenvalue weighted by Crippen LogP contribution is 2.32. The molecule has 0 bridgehead atoms. The number of hydrogen-bond donors (Lipinski definition) is 1. The van der Waals surface area contributed by atoms with Crippen molar-refractivity contribution in [1.82, 2.24) is 4.90 Å². The zero-order valence-electron chi connectivity index (χ0n) is 13.0. The lowest BCUT2D eigenvalue weighted by molar-refractivity contribution is 0.237. The normalized spacial score (nSPS) is 14.0. The molecule has 110 valence electrons. The zero-order valence-corrected chi connectivity index (χ0v) is 13.0. The third-order valence-electron chi connectivity index (χ3n) is 3.49. The Morgan fingerprint density at radius 1 is 0.952 bits per heavy atom. The SMILES string of the molecule is CC(CN(C)C)=C(c1ccccc1)C(O)c1ccccc1. The van der Waals surface area contributed by atoms with Crippen molar-refractivity contribution in [3.05, 3.63) is 77.4 Å². The van der Waals surface area contributed by atoms with E-state index < -0.39 is 6.10 Å². The summed E-state index contributed by atoms with van der Waals surface area (Å²) in [4.78, 5) is 2.12. The van der Waals surface area contributed by atoms with Crippen LogP contribution in [0.25, 0.3) is 5.57 Å². The molecule has 0 heterocycles. The van der Waals surface area contributed by atoms with Gasteiger partial charge >= 0.3 is 0 Å². The van der Waals surface area contributed by atoms with Crippen LogP contribution >= 0.6 is 0 Å². The molecule has 1 unspecified atom stereocenters. The molecule has 0 spiro atoms. The van der Waals surface area contributed by atoms with Gasteiger partial charge in [-0.2, -0.15) is 0 Å². The third kappa shape index (κ3) is 4.03. The molecule has 0 aliphatic rings. The minimum atomic E-state index is -0.603. The van der Waals surface area contributed by atoms with Gasteiger partial charge in [-0.05, 0) is 37.7 Å². The summed E-state index contributed by atoms with van der Waals surface area (Å²) in [7, 11) is 4.09. The third-order valence-corrected chi connectivity index (χ3v) is 3.49. The van der Waals surface area contributed by atoms with Crippen molar-refractivity contribution in [2.75, 3.05) is 20.6 Å². The minimum Gasteiger partial charge on any atom is -0.384 e. The lowest BCUT2D eigenvalue weighted by atomic mass is 9.91. The van der Waals surface area contributed by atoms with Gasteiger partial charge in [0.25, 0.3) is 0 Å². The Bertz CT molecular complexity index is 587. The first-order chi connectivity index (χ1) is 10.1. The molecule has 2 aromatic rings. The lowest BCUT2D eigenvalue weighted by Crippen LogP contribution is -2.16. The van der Waals surface area contributed by atoms with Crippen LogP contribution in [0.15, 0.2) is 66.2 Å². The molecule has 2 rings (SSSR count). The number of benzene rings is 2. The van der Waals surface area contributed by atoms with Crippen LogP contribution in [0, 0.1) is 0 Å². The van der Waals surface area contributed by atoms with Crippen molar-refractivity contribution in [3.63, 3.8) is 0 Å². The maximum atomic E-state index is 10.8. The molecule has 0 aromatic heterocycles. The summed E-state index contributed by atoms with van der Waals surface area (Å²) in [5, 5.41) is 10.8. The van der Waals surface area contributed by atoms with Crippen LogP contribution in [0.2, 0.25) is 0 Å². The summed E-state index contributed by atoms with van der Waals surface area (Å²) >= 11 is 0. The Balaban J connectivity index is 2.46. The summed E-state index contributed by atoms with van der Waals surface area (Å²) in [6.07, 6.45) is -0.603. The molecule has 1 atom stereocenters. The molecular formula is C19H23NO. The van der Waals surface area contributed by atoms with Crippen LogP contribution in [0.3, 0.4) is 0 Å². The van der Waals surface area contributed by atoms with E-state index in [1.54, 1.807) is 0 Å². The van der Waals surface area contributed by atoms with Gasteiger partial charge in [0, 0.05) is 6.54 Å².